The van der Waals surface area contributed by atoms with E-state index in [1.54, 1.807) is 0 Å². The average Bonchev–Trinajstić information content (AvgIpc) is 2.50. The lowest BCUT2D eigenvalue weighted by atomic mass is 10.0. The Morgan fingerprint density at radius 2 is 1.00 bits per heavy atom. The summed E-state index contributed by atoms with van der Waals surface area (Å²) in [6.45, 7) is 2.27. The van der Waals surface area contributed by atoms with Gasteiger partial charge in [0.25, 0.3) is 0 Å². The molecule has 0 fully saturated rings. The maximum atomic E-state index is 10.8. The van der Waals surface area contributed by atoms with Gasteiger partial charge in [-0.15, -0.1) is 0 Å². The number of carbonyl (C=O) groups excluding carboxylic acids is 1. The molecular weight excluding hydrogens is 284 g/mol. The second kappa shape index (κ2) is 17.8. The average molecular weight is 319 g/mol. The van der Waals surface area contributed by atoms with Crippen LogP contribution in [0.2, 0.25) is 0 Å². The Hall–Kier alpha value is -0.240. The van der Waals surface area contributed by atoms with Crippen LogP contribution in [0.1, 0.15) is 110 Å². The zero-order chi connectivity index (χ0) is 15.6. The molecule has 0 bridgehead atoms. The summed E-state index contributed by atoms with van der Waals surface area (Å²) >= 11 is 4.97. The molecule has 2 nitrogen and oxygen atoms in total. The van der Waals surface area contributed by atoms with Crippen molar-refractivity contribution in [2.75, 3.05) is 0 Å². The van der Waals surface area contributed by atoms with Crippen LogP contribution < -0.4 is 0 Å². The first-order chi connectivity index (χ1) is 10.3. The monoisotopic (exact) mass is 318 g/mol. The zero-order valence-corrected chi connectivity index (χ0v) is 14.8. The topological polar surface area (TPSA) is 26.3 Å². The van der Waals surface area contributed by atoms with Crippen molar-refractivity contribution in [1.29, 1.82) is 0 Å². The first-order valence-corrected chi connectivity index (χ1v) is 9.43. The van der Waals surface area contributed by atoms with Gasteiger partial charge in [0.1, 0.15) is 11.9 Å². The summed E-state index contributed by atoms with van der Waals surface area (Å²) in [5.74, 6) is -0.300. The maximum Gasteiger partial charge on any atom is 0.324 e. The maximum absolute atomic E-state index is 10.8. The molecule has 0 spiro atoms. The van der Waals surface area contributed by atoms with Gasteiger partial charge in [0.15, 0.2) is 0 Å². The standard InChI is InChI=1S/C18H35ClO2/c1-2-3-4-5-6-7-8-9-10-11-12-13-14-15-16-17-18(20)21-19/h2-17H2,1H3. The van der Waals surface area contributed by atoms with Gasteiger partial charge in [0, 0.05) is 6.42 Å². The Bertz CT molecular complexity index is 219. The van der Waals surface area contributed by atoms with Crippen LogP contribution in [0, 0.1) is 0 Å². The van der Waals surface area contributed by atoms with E-state index in [4.69, 9.17) is 11.9 Å². The molecule has 0 N–H and O–H groups in total. The minimum absolute atomic E-state index is 0.300. The van der Waals surface area contributed by atoms with E-state index in [1.807, 2.05) is 0 Å². The Labute approximate surface area is 137 Å². The summed E-state index contributed by atoms with van der Waals surface area (Å²) in [6.07, 6.45) is 20.4. The van der Waals surface area contributed by atoms with Gasteiger partial charge in [-0.05, 0) is 6.42 Å². The van der Waals surface area contributed by atoms with Crippen molar-refractivity contribution >= 4 is 17.8 Å². The van der Waals surface area contributed by atoms with Gasteiger partial charge in [-0.1, -0.05) is 96.8 Å². The van der Waals surface area contributed by atoms with Crippen molar-refractivity contribution in [2.24, 2.45) is 0 Å². The molecule has 0 aromatic heterocycles. The van der Waals surface area contributed by atoms with Crippen molar-refractivity contribution in [1.82, 2.24) is 0 Å². The first-order valence-electron chi connectivity index (χ1n) is 9.12. The highest BCUT2D eigenvalue weighted by Gasteiger charge is 2.00. The fourth-order valence-electron chi connectivity index (χ4n) is 2.68. The van der Waals surface area contributed by atoms with Crippen molar-refractivity contribution in [2.45, 2.75) is 110 Å². The van der Waals surface area contributed by atoms with Crippen LogP contribution in [0.25, 0.3) is 0 Å². The fourth-order valence-corrected chi connectivity index (χ4v) is 2.76. The van der Waals surface area contributed by atoms with Gasteiger partial charge in [0.2, 0.25) is 0 Å². The summed E-state index contributed by atoms with van der Waals surface area (Å²) in [5, 5.41) is 0. The third-order valence-corrected chi connectivity index (χ3v) is 4.24. The number of halogens is 1. The van der Waals surface area contributed by atoms with Crippen LogP contribution in [-0.4, -0.2) is 5.97 Å². The molecule has 0 aromatic carbocycles. The molecule has 0 rings (SSSR count). The summed E-state index contributed by atoms with van der Waals surface area (Å²) < 4.78 is 4.10. The summed E-state index contributed by atoms with van der Waals surface area (Å²) in [4.78, 5) is 10.8. The van der Waals surface area contributed by atoms with E-state index in [0.717, 1.165) is 12.8 Å². The molecule has 0 saturated heterocycles. The van der Waals surface area contributed by atoms with Gasteiger partial charge in [-0.25, -0.2) is 0 Å². The van der Waals surface area contributed by atoms with E-state index in [0.29, 0.717) is 6.42 Å². The Kier molecular flexibility index (Phi) is 17.6. The van der Waals surface area contributed by atoms with E-state index < -0.39 is 0 Å². The molecule has 0 aliphatic rings. The number of hydrogen-bond acceptors (Lipinski definition) is 2. The summed E-state index contributed by atoms with van der Waals surface area (Å²) in [6, 6.07) is 0. The molecule has 0 heterocycles. The van der Waals surface area contributed by atoms with Crippen LogP contribution in [0.3, 0.4) is 0 Å². The van der Waals surface area contributed by atoms with E-state index in [-0.39, 0.29) is 5.97 Å². The smallest absolute Gasteiger partial charge is 0.324 e. The predicted molar refractivity (Wildman–Crippen MR) is 91.5 cm³/mol. The highest BCUT2D eigenvalue weighted by atomic mass is 35.5. The van der Waals surface area contributed by atoms with Crippen molar-refractivity contribution in [3.63, 3.8) is 0 Å². The lowest BCUT2D eigenvalue weighted by Crippen LogP contribution is -1.95. The summed E-state index contributed by atoms with van der Waals surface area (Å²) in [5.41, 5.74) is 0. The van der Waals surface area contributed by atoms with Crippen LogP contribution in [-0.2, 0) is 9.08 Å². The van der Waals surface area contributed by atoms with Gasteiger partial charge in [-0.3, -0.25) is 4.79 Å². The minimum atomic E-state index is -0.300. The van der Waals surface area contributed by atoms with Gasteiger partial charge >= 0.3 is 5.97 Å². The largest absolute Gasteiger partial charge is 0.348 e. The van der Waals surface area contributed by atoms with Crippen LogP contribution >= 0.6 is 11.9 Å². The summed E-state index contributed by atoms with van der Waals surface area (Å²) in [7, 11) is 0. The first kappa shape index (κ1) is 20.8. The molecule has 0 radical (unpaired) electrons. The SMILES string of the molecule is CCCCCCCCCCCCCCCCCC(=O)OCl. The number of unbranched alkanes of at least 4 members (excludes halogenated alkanes) is 14. The van der Waals surface area contributed by atoms with E-state index in [9.17, 15) is 4.79 Å². The number of hydrogen-bond donors (Lipinski definition) is 0. The molecule has 0 atom stereocenters. The fraction of sp³-hybridized carbons (Fsp3) is 0.944. The predicted octanol–water partition coefficient (Wildman–Crippen LogP) is 6.94. The highest BCUT2D eigenvalue weighted by Crippen LogP contribution is 2.13. The number of carbonyl (C=O) groups is 1. The molecule has 3 heteroatoms. The Morgan fingerprint density at radius 3 is 1.33 bits per heavy atom. The third kappa shape index (κ3) is 17.7. The second-order valence-electron chi connectivity index (χ2n) is 6.15. The lowest BCUT2D eigenvalue weighted by Gasteiger charge is -2.03. The number of rotatable bonds is 16. The Morgan fingerprint density at radius 1 is 0.667 bits per heavy atom. The van der Waals surface area contributed by atoms with E-state index in [2.05, 4.69) is 11.2 Å². The van der Waals surface area contributed by atoms with Crippen molar-refractivity contribution in [3.05, 3.63) is 0 Å². The quantitative estimate of drug-likeness (QED) is 0.288. The van der Waals surface area contributed by atoms with E-state index >= 15 is 0 Å². The normalized spacial score (nSPS) is 10.8. The second-order valence-corrected chi connectivity index (χ2v) is 6.30. The van der Waals surface area contributed by atoms with Gasteiger partial charge in [-0.2, -0.15) is 0 Å². The molecule has 126 valence electrons. The third-order valence-electron chi connectivity index (χ3n) is 4.07. The lowest BCUT2D eigenvalue weighted by molar-refractivity contribution is -0.134. The van der Waals surface area contributed by atoms with Crippen LogP contribution in [0.15, 0.2) is 0 Å². The van der Waals surface area contributed by atoms with Crippen molar-refractivity contribution < 1.29 is 9.08 Å². The molecule has 0 aliphatic carbocycles. The Balaban J connectivity index is 2.98. The van der Waals surface area contributed by atoms with Crippen molar-refractivity contribution in [3.8, 4) is 0 Å². The van der Waals surface area contributed by atoms with Crippen LogP contribution in [0.4, 0.5) is 0 Å². The highest BCUT2D eigenvalue weighted by molar-refractivity contribution is 6.13. The molecule has 0 amide bonds. The molecule has 21 heavy (non-hydrogen) atoms. The zero-order valence-electron chi connectivity index (χ0n) is 14.0. The molecule has 0 aliphatic heterocycles. The van der Waals surface area contributed by atoms with Crippen LogP contribution in [0.5, 0.6) is 0 Å². The molecular formula is C18H35ClO2. The molecule has 0 unspecified atom stereocenters. The minimum Gasteiger partial charge on any atom is -0.348 e. The van der Waals surface area contributed by atoms with Gasteiger partial charge in [0.05, 0.1) is 0 Å². The van der Waals surface area contributed by atoms with Gasteiger partial charge < -0.3 is 4.29 Å². The molecule has 0 aromatic rings. The molecule has 0 saturated carbocycles. The van der Waals surface area contributed by atoms with E-state index in [1.165, 1.54) is 83.5 Å².